The van der Waals surface area contributed by atoms with Crippen molar-refractivity contribution in [2.24, 2.45) is 7.05 Å². The molecular weight excluding hydrogens is 542 g/mol. The smallest absolute Gasteiger partial charge is 0.272 e. The van der Waals surface area contributed by atoms with Crippen molar-refractivity contribution in [1.82, 2.24) is 38.7 Å². The number of pyridine rings is 1. The number of aryl methyl sites for hydroxylation is 3. The number of fused-ring (bicyclic) bond motifs is 3. The third kappa shape index (κ3) is 4.50. The Morgan fingerprint density at radius 1 is 1.05 bits per heavy atom. The third-order valence-corrected chi connectivity index (χ3v) is 9.64. The lowest BCUT2D eigenvalue weighted by Crippen LogP contribution is -2.42. The molecule has 0 aromatic carbocycles. The Balaban J connectivity index is 1.27. The molecule has 3 aliphatic rings. The molecule has 2 aliphatic carbocycles. The number of hydrogen-bond donors (Lipinski definition) is 1. The monoisotopic (exact) mass is 577 g/mol. The molecule has 0 radical (unpaired) electrons. The molecule has 1 N–H and O–H groups in total. The molecular formula is C28H35N9O3S. The molecule has 41 heavy (non-hydrogen) atoms. The zero-order valence-corrected chi connectivity index (χ0v) is 24.5. The van der Waals surface area contributed by atoms with Crippen molar-refractivity contribution in [3.05, 3.63) is 29.8 Å². The highest BCUT2D eigenvalue weighted by molar-refractivity contribution is 7.85. The van der Waals surface area contributed by atoms with E-state index in [0.29, 0.717) is 84.0 Å². The van der Waals surface area contributed by atoms with E-state index in [2.05, 4.69) is 20.3 Å². The molecule has 13 heteroatoms. The van der Waals surface area contributed by atoms with Gasteiger partial charge in [0.15, 0.2) is 11.6 Å². The number of nitrogens with one attached hydrogen (secondary N) is 1. The second-order valence-corrected chi connectivity index (χ2v) is 12.9. The zero-order valence-electron chi connectivity index (χ0n) is 23.7. The van der Waals surface area contributed by atoms with Crippen LogP contribution in [0.2, 0.25) is 0 Å². The number of imidazole rings is 1. The Labute approximate surface area is 240 Å². The summed E-state index contributed by atoms with van der Waals surface area (Å²) in [5.41, 5.74) is 3.42. The number of aromatic nitrogens is 6. The second kappa shape index (κ2) is 9.97. The first-order chi connectivity index (χ1) is 19.9. The molecule has 1 aliphatic heterocycles. The van der Waals surface area contributed by atoms with Crippen LogP contribution in [0.3, 0.4) is 0 Å². The Morgan fingerprint density at radius 3 is 2.39 bits per heavy atom. The van der Waals surface area contributed by atoms with Gasteiger partial charge in [-0.25, -0.2) is 9.97 Å². The summed E-state index contributed by atoms with van der Waals surface area (Å²) < 4.78 is 17.4. The van der Waals surface area contributed by atoms with Gasteiger partial charge in [0.05, 0.1) is 11.8 Å². The van der Waals surface area contributed by atoms with Crippen LogP contribution in [0, 0.1) is 0 Å². The number of carbonyl (C=O) groups excluding carboxylic acids is 2. The molecule has 7 rings (SSSR count). The molecule has 0 unspecified atom stereocenters. The highest BCUT2D eigenvalue weighted by atomic mass is 32.2. The summed E-state index contributed by atoms with van der Waals surface area (Å²) in [5.74, 6) is 1.99. The van der Waals surface area contributed by atoms with E-state index >= 15 is 0 Å². The van der Waals surface area contributed by atoms with Crippen molar-refractivity contribution in [1.29, 1.82) is 0 Å². The molecule has 0 spiro atoms. The Morgan fingerprint density at radius 2 is 1.76 bits per heavy atom. The van der Waals surface area contributed by atoms with Crippen molar-refractivity contribution in [3.8, 4) is 0 Å². The van der Waals surface area contributed by atoms with Crippen LogP contribution in [0.4, 0.5) is 11.6 Å². The van der Waals surface area contributed by atoms with Crippen molar-refractivity contribution in [2.75, 3.05) is 29.9 Å². The van der Waals surface area contributed by atoms with Crippen LogP contribution >= 0.6 is 0 Å². The molecule has 0 bridgehead atoms. The average Bonchev–Trinajstić information content (AvgIpc) is 3.88. The number of nitrogens with zero attached hydrogens (tertiary/aromatic N) is 8. The maximum atomic E-state index is 13.9. The van der Waals surface area contributed by atoms with E-state index in [1.807, 2.05) is 36.1 Å². The average molecular weight is 578 g/mol. The fourth-order valence-electron chi connectivity index (χ4n) is 5.98. The minimum absolute atomic E-state index is 0.0890. The lowest BCUT2D eigenvalue weighted by Gasteiger charge is -2.26. The van der Waals surface area contributed by atoms with E-state index in [4.69, 9.17) is 4.98 Å². The second-order valence-electron chi connectivity index (χ2n) is 11.2. The van der Waals surface area contributed by atoms with Gasteiger partial charge in [0, 0.05) is 79.1 Å². The summed E-state index contributed by atoms with van der Waals surface area (Å²) in [4.78, 5) is 40.7. The summed E-state index contributed by atoms with van der Waals surface area (Å²) in [6.45, 7) is 6.06. The highest BCUT2D eigenvalue weighted by Crippen LogP contribution is 2.39. The van der Waals surface area contributed by atoms with E-state index in [0.717, 1.165) is 36.6 Å². The molecule has 3 fully saturated rings. The normalized spacial score (nSPS) is 18.0. The molecule has 4 aromatic rings. The van der Waals surface area contributed by atoms with Gasteiger partial charge >= 0.3 is 0 Å². The SMILES string of the molecule is CCn1nc(Nc2nc3c(cc(C(=O)N(C4CC4)C4CC4)n3CC)c3c2ncn3C)cc1C(=O)N1CCS(=O)CC1. The number of amides is 2. The summed E-state index contributed by atoms with van der Waals surface area (Å²) in [5, 5.41) is 8.88. The van der Waals surface area contributed by atoms with Crippen molar-refractivity contribution in [2.45, 2.75) is 64.7 Å². The van der Waals surface area contributed by atoms with Gasteiger partial charge in [-0.15, -0.1) is 0 Å². The number of hydrogen-bond acceptors (Lipinski definition) is 7. The first-order valence-electron chi connectivity index (χ1n) is 14.5. The fourth-order valence-corrected chi connectivity index (χ4v) is 7.03. The molecule has 1 saturated heterocycles. The minimum atomic E-state index is -0.863. The van der Waals surface area contributed by atoms with Gasteiger partial charge in [-0.3, -0.25) is 18.5 Å². The maximum Gasteiger partial charge on any atom is 0.272 e. The first-order valence-corrected chi connectivity index (χ1v) is 16.0. The van der Waals surface area contributed by atoms with Crippen molar-refractivity contribution < 1.29 is 13.8 Å². The highest BCUT2D eigenvalue weighted by Gasteiger charge is 2.43. The number of rotatable bonds is 8. The Kier molecular flexibility index (Phi) is 6.36. The van der Waals surface area contributed by atoms with Crippen LogP contribution < -0.4 is 5.32 Å². The van der Waals surface area contributed by atoms with Crippen LogP contribution in [0.1, 0.15) is 60.5 Å². The van der Waals surface area contributed by atoms with Crippen LogP contribution in [-0.4, -0.2) is 91.4 Å². The molecule has 2 saturated carbocycles. The zero-order chi connectivity index (χ0) is 28.4. The van der Waals surface area contributed by atoms with Gasteiger partial charge in [0.1, 0.15) is 22.6 Å². The molecule has 0 atom stereocenters. The van der Waals surface area contributed by atoms with Gasteiger partial charge < -0.3 is 24.3 Å². The van der Waals surface area contributed by atoms with Crippen LogP contribution in [-0.2, 0) is 30.9 Å². The molecule has 4 aromatic heterocycles. The number of carbonyl (C=O) groups is 2. The van der Waals surface area contributed by atoms with Gasteiger partial charge in [-0.1, -0.05) is 0 Å². The van der Waals surface area contributed by atoms with Gasteiger partial charge in [0.2, 0.25) is 0 Å². The Bertz CT molecular complexity index is 1690. The van der Waals surface area contributed by atoms with Gasteiger partial charge in [0.25, 0.3) is 11.8 Å². The third-order valence-electron chi connectivity index (χ3n) is 8.36. The predicted octanol–water partition coefficient (Wildman–Crippen LogP) is 2.87. The molecule has 2 amide bonds. The fraction of sp³-hybridized carbons (Fsp3) is 0.536. The first kappa shape index (κ1) is 26.2. The number of anilines is 2. The molecule has 216 valence electrons. The largest absolute Gasteiger partial charge is 0.335 e. The Hall–Kier alpha value is -3.74. The lowest BCUT2D eigenvalue weighted by molar-refractivity contribution is 0.0718. The molecule has 5 heterocycles. The van der Waals surface area contributed by atoms with Gasteiger partial charge in [-0.05, 0) is 45.6 Å². The van der Waals surface area contributed by atoms with Crippen molar-refractivity contribution >= 4 is 56.3 Å². The summed E-state index contributed by atoms with van der Waals surface area (Å²) in [7, 11) is 1.08. The minimum Gasteiger partial charge on any atom is -0.335 e. The predicted molar refractivity (Wildman–Crippen MR) is 157 cm³/mol. The lowest BCUT2D eigenvalue weighted by atomic mass is 10.2. The van der Waals surface area contributed by atoms with E-state index < -0.39 is 10.8 Å². The van der Waals surface area contributed by atoms with Crippen molar-refractivity contribution in [3.63, 3.8) is 0 Å². The van der Waals surface area contributed by atoms with E-state index in [1.165, 1.54) is 0 Å². The topological polar surface area (TPSA) is 123 Å². The van der Waals surface area contributed by atoms with E-state index in [9.17, 15) is 13.8 Å². The van der Waals surface area contributed by atoms with Crippen LogP contribution in [0.25, 0.3) is 22.1 Å². The standard InChI is InChI=1S/C28H35N9O3S/c1-4-35-20(28(39)37(17-6-7-17)18-8-9-18)14-19-24-23(29-16-33(24)3)25(31-26(19)35)30-22-15-21(36(5-2)32-22)27(38)34-10-12-41(40)13-11-34/h14-18H,4-13H2,1-3H3,(H,30,31,32). The maximum absolute atomic E-state index is 13.9. The summed E-state index contributed by atoms with van der Waals surface area (Å²) >= 11 is 0. The van der Waals surface area contributed by atoms with E-state index in [-0.39, 0.29) is 11.8 Å². The van der Waals surface area contributed by atoms with Crippen LogP contribution in [0.15, 0.2) is 18.5 Å². The summed E-state index contributed by atoms with van der Waals surface area (Å²) in [6, 6.07) is 4.44. The summed E-state index contributed by atoms with van der Waals surface area (Å²) in [6.07, 6.45) is 6.08. The van der Waals surface area contributed by atoms with E-state index in [1.54, 1.807) is 22.0 Å². The quantitative estimate of drug-likeness (QED) is 0.342. The van der Waals surface area contributed by atoms with Crippen LogP contribution in [0.5, 0.6) is 0 Å². The van der Waals surface area contributed by atoms with Gasteiger partial charge in [-0.2, -0.15) is 5.10 Å². The molecule has 12 nitrogen and oxygen atoms in total.